The maximum atomic E-state index is 12.3. The molecule has 1 aromatic heterocycles. The van der Waals surface area contributed by atoms with E-state index in [-0.39, 0.29) is 12.1 Å². The molecule has 1 aromatic carbocycles. The summed E-state index contributed by atoms with van der Waals surface area (Å²) >= 11 is 0. The number of esters is 1. The maximum Gasteiger partial charge on any atom is 0.328 e. The molecule has 1 unspecified atom stereocenters. The maximum absolute atomic E-state index is 12.3. The van der Waals surface area contributed by atoms with Gasteiger partial charge in [0.15, 0.2) is 0 Å². The van der Waals surface area contributed by atoms with Crippen LogP contribution >= 0.6 is 0 Å². The van der Waals surface area contributed by atoms with E-state index in [2.05, 4.69) is 15.6 Å². The molecule has 1 atom stereocenters. The van der Waals surface area contributed by atoms with Gasteiger partial charge in [-0.1, -0.05) is 37.5 Å². The molecule has 0 saturated heterocycles. The van der Waals surface area contributed by atoms with Gasteiger partial charge in [-0.2, -0.15) is 0 Å². The molecule has 3 N–H and O–H groups in total. The number of H-pyrrole nitrogens is 1. The molecule has 2 aromatic rings. The Kier molecular flexibility index (Phi) is 5.58. The second kappa shape index (κ2) is 8.05. The number of fused-ring (bicyclic) bond motifs is 1. The smallest absolute Gasteiger partial charge is 0.328 e. The summed E-state index contributed by atoms with van der Waals surface area (Å²) in [6, 6.07) is 7.06. The first-order valence-electron chi connectivity index (χ1n) is 8.87. The summed E-state index contributed by atoms with van der Waals surface area (Å²) < 4.78 is 4.87. The number of rotatable bonds is 5. The van der Waals surface area contributed by atoms with Crippen LogP contribution in [-0.4, -0.2) is 36.2 Å². The molecule has 134 valence electrons. The Morgan fingerprint density at radius 3 is 2.76 bits per heavy atom. The highest BCUT2D eigenvalue weighted by Gasteiger charge is 2.24. The van der Waals surface area contributed by atoms with Gasteiger partial charge >= 0.3 is 12.0 Å². The van der Waals surface area contributed by atoms with E-state index in [0.29, 0.717) is 6.42 Å². The molecule has 1 fully saturated rings. The fourth-order valence-electron chi connectivity index (χ4n) is 3.49. The summed E-state index contributed by atoms with van der Waals surface area (Å²) in [6.45, 7) is 0. The van der Waals surface area contributed by atoms with Crippen LogP contribution in [0.25, 0.3) is 10.9 Å². The van der Waals surface area contributed by atoms with Crippen molar-refractivity contribution in [3.05, 3.63) is 36.0 Å². The van der Waals surface area contributed by atoms with Gasteiger partial charge in [0, 0.05) is 29.6 Å². The lowest BCUT2D eigenvalue weighted by molar-refractivity contribution is -0.142. The minimum Gasteiger partial charge on any atom is -0.467 e. The van der Waals surface area contributed by atoms with Crippen molar-refractivity contribution in [2.45, 2.75) is 50.6 Å². The van der Waals surface area contributed by atoms with E-state index in [1.54, 1.807) is 0 Å². The quantitative estimate of drug-likeness (QED) is 0.730. The second-order valence-corrected chi connectivity index (χ2v) is 6.59. The molecular formula is C19H25N3O3. The zero-order valence-corrected chi connectivity index (χ0v) is 14.5. The van der Waals surface area contributed by atoms with Crippen molar-refractivity contribution in [3.63, 3.8) is 0 Å². The van der Waals surface area contributed by atoms with E-state index in [9.17, 15) is 9.59 Å². The molecule has 6 heteroatoms. The van der Waals surface area contributed by atoms with Crippen LogP contribution in [0.5, 0.6) is 0 Å². The predicted octanol–water partition coefficient (Wildman–Crippen LogP) is 2.88. The van der Waals surface area contributed by atoms with E-state index in [4.69, 9.17) is 4.74 Å². The normalized spacial score (nSPS) is 16.4. The van der Waals surface area contributed by atoms with Crippen molar-refractivity contribution in [2.75, 3.05) is 7.11 Å². The van der Waals surface area contributed by atoms with Crippen LogP contribution in [0.15, 0.2) is 30.5 Å². The number of carbonyl (C=O) groups is 2. The van der Waals surface area contributed by atoms with Crippen molar-refractivity contribution in [2.24, 2.45) is 0 Å². The van der Waals surface area contributed by atoms with E-state index in [1.165, 1.54) is 13.5 Å². The van der Waals surface area contributed by atoms with E-state index < -0.39 is 12.0 Å². The third-order valence-corrected chi connectivity index (χ3v) is 4.83. The lowest BCUT2D eigenvalue weighted by atomic mass is 9.96. The molecule has 25 heavy (non-hydrogen) atoms. The minimum atomic E-state index is -0.715. The number of methoxy groups -OCH3 is 1. The molecular weight excluding hydrogens is 318 g/mol. The Morgan fingerprint density at radius 2 is 2.00 bits per heavy atom. The average molecular weight is 343 g/mol. The number of urea groups is 1. The number of aromatic amines is 1. The Morgan fingerprint density at radius 1 is 1.24 bits per heavy atom. The van der Waals surface area contributed by atoms with Gasteiger partial charge in [-0.05, 0) is 24.5 Å². The minimum absolute atomic E-state index is 0.195. The van der Waals surface area contributed by atoms with Crippen molar-refractivity contribution in [3.8, 4) is 0 Å². The number of ether oxygens (including phenoxy) is 1. The van der Waals surface area contributed by atoms with Crippen LogP contribution in [0.1, 0.15) is 37.7 Å². The Bertz CT molecular complexity index is 734. The van der Waals surface area contributed by atoms with Crippen LogP contribution in [-0.2, 0) is 16.0 Å². The van der Waals surface area contributed by atoms with Gasteiger partial charge in [0.2, 0.25) is 0 Å². The fraction of sp³-hybridized carbons (Fsp3) is 0.474. The summed E-state index contributed by atoms with van der Waals surface area (Å²) in [7, 11) is 1.34. The number of nitrogens with one attached hydrogen (secondary N) is 3. The van der Waals surface area contributed by atoms with E-state index in [1.807, 2.05) is 30.5 Å². The zero-order valence-electron chi connectivity index (χ0n) is 14.5. The standard InChI is InChI=1S/C19H25N3O3/c1-25-18(23)17(22-19(24)21-14-7-3-2-4-8-14)11-13-12-20-16-10-6-5-9-15(13)16/h5-6,9-10,12,14,17,20H,2-4,7-8,11H2,1H3,(H2,21,22,24). The van der Waals surface area contributed by atoms with E-state index in [0.717, 1.165) is 42.1 Å². The summed E-state index contributed by atoms with van der Waals surface area (Å²) in [5.41, 5.74) is 1.98. The first-order chi connectivity index (χ1) is 12.2. The van der Waals surface area contributed by atoms with Gasteiger partial charge in [-0.15, -0.1) is 0 Å². The van der Waals surface area contributed by atoms with Crippen LogP contribution in [0.2, 0.25) is 0 Å². The SMILES string of the molecule is COC(=O)C(Cc1c[nH]c2ccccc12)NC(=O)NC1CCCCC1. The highest BCUT2D eigenvalue weighted by molar-refractivity contribution is 5.86. The van der Waals surface area contributed by atoms with Crippen LogP contribution in [0, 0.1) is 0 Å². The third-order valence-electron chi connectivity index (χ3n) is 4.83. The van der Waals surface area contributed by atoms with Gasteiger partial charge in [0.25, 0.3) is 0 Å². The van der Waals surface area contributed by atoms with Gasteiger partial charge in [-0.25, -0.2) is 9.59 Å². The monoisotopic (exact) mass is 343 g/mol. The Labute approximate surface area is 147 Å². The van der Waals surface area contributed by atoms with Crippen molar-refractivity contribution >= 4 is 22.9 Å². The highest BCUT2D eigenvalue weighted by atomic mass is 16.5. The predicted molar refractivity (Wildman–Crippen MR) is 96.3 cm³/mol. The summed E-state index contributed by atoms with van der Waals surface area (Å²) in [4.78, 5) is 27.6. The third kappa shape index (κ3) is 4.32. The lowest BCUT2D eigenvalue weighted by Crippen LogP contribution is -2.50. The summed E-state index contributed by atoms with van der Waals surface area (Å²) in [5, 5.41) is 6.81. The molecule has 6 nitrogen and oxygen atoms in total. The lowest BCUT2D eigenvalue weighted by Gasteiger charge is -2.24. The fourth-order valence-corrected chi connectivity index (χ4v) is 3.49. The van der Waals surface area contributed by atoms with E-state index >= 15 is 0 Å². The number of hydrogen-bond acceptors (Lipinski definition) is 3. The number of amides is 2. The molecule has 1 heterocycles. The number of hydrogen-bond donors (Lipinski definition) is 3. The molecule has 0 bridgehead atoms. The molecule has 0 aliphatic heterocycles. The number of aromatic nitrogens is 1. The Hall–Kier alpha value is -2.50. The summed E-state index contributed by atoms with van der Waals surface area (Å²) in [6.07, 6.45) is 7.76. The topological polar surface area (TPSA) is 83.2 Å². The molecule has 0 radical (unpaired) electrons. The van der Waals surface area contributed by atoms with Gasteiger partial charge in [-0.3, -0.25) is 0 Å². The van der Waals surface area contributed by atoms with Gasteiger partial charge in [0.05, 0.1) is 7.11 Å². The number of benzene rings is 1. The van der Waals surface area contributed by atoms with Crippen LogP contribution in [0.3, 0.4) is 0 Å². The van der Waals surface area contributed by atoms with Gasteiger partial charge < -0.3 is 20.4 Å². The molecule has 1 aliphatic carbocycles. The van der Waals surface area contributed by atoms with Crippen molar-refractivity contribution < 1.29 is 14.3 Å². The number of carbonyl (C=O) groups excluding carboxylic acids is 2. The van der Waals surface area contributed by atoms with Crippen molar-refractivity contribution in [1.29, 1.82) is 0 Å². The summed E-state index contributed by atoms with van der Waals surface area (Å²) in [5.74, 6) is -0.441. The highest BCUT2D eigenvalue weighted by Crippen LogP contribution is 2.20. The van der Waals surface area contributed by atoms with Crippen molar-refractivity contribution in [1.82, 2.24) is 15.6 Å². The second-order valence-electron chi connectivity index (χ2n) is 6.59. The molecule has 3 rings (SSSR count). The zero-order chi connectivity index (χ0) is 17.6. The Balaban J connectivity index is 1.67. The first-order valence-corrected chi connectivity index (χ1v) is 8.87. The molecule has 1 aliphatic rings. The number of para-hydroxylation sites is 1. The molecule has 2 amide bonds. The first kappa shape index (κ1) is 17.3. The largest absolute Gasteiger partial charge is 0.467 e. The van der Waals surface area contributed by atoms with Crippen LogP contribution in [0.4, 0.5) is 4.79 Å². The average Bonchev–Trinajstić information content (AvgIpc) is 3.04. The van der Waals surface area contributed by atoms with Crippen LogP contribution < -0.4 is 10.6 Å². The molecule has 0 spiro atoms. The molecule has 1 saturated carbocycles. The van der Waals surface area contributed by atoms with Gasteiger partial charge in [0.1, 0.15) is 6.04 Å².